The highest BCUT2D eigenvalue weighted by atomic mass is 16.2. The van der Waals surface area contributed by atoms with Crippen LogP contribution in [0.25, 0.3) is 0 Å². The van der Waals surface area contributed by atoms with Crippen LogP contribution in [0, 0.1) is 18.8 Å². The first-order chi connectivity index (χ1) is 13.9. The Labute approximate surface area is 171 Å². The molecule has 2 amide bonds. The second-order valence-electron chi connectivity index (χ2n) is 8.86. The average Bonchev–Trinajstić information content (AvgIpc) is 3.38. The van der Waals surface area contributed by atoms with Crippen molar-refractivity contribution < 1.29 is 9.59 Å². The summed E-state index contributed by atoms with van der Waals surface area (Å²) in [6, 6.07) is 9.37. The Kier molecular flexibility index (Phi) is 5.15. The van der Waals surface area contributed by atoms with E-state index in [1.54, 1.807) is 0 Å². The molecule has 2 aromatic rings. The molecule has 2 fully saturated rings. The predicted molar refractivity (Wildman–Crippen MR) is 109 cm³/mol. The fourth-order valence-electron chi connectivity index (χ4n) is 4.63. The van der Waals surface area contributed by atoms with Gasteiger partial charge in [0.25, 0.3) is 5.91 Å². The van der Waals surface area contributed by atoms with Crippen LogP contribution in [-0.4, -0.2) is 63.0 Å². The number of carbonyl (C=O) groups is 2. The number of carbonyl (C=O) groups excluding carboxylic acids is 2. The van der Waals surface area contributed by atoms with E-state index in [-0.39, 0.29) is 17.7 Å². The number of rotatable bonds is 5. The van der Waals surface area contributed by atoms with E-state index in [9.17, 15) is 9.59 Å². The highest BCUT2D eigenvalue weighted by Crippen LogP contribution is 2.44. The first kappa shape index (κ1) is 19.6. The lowest BCUT2D eigenvalue weighted by molar-refractivity contribution is -0.130. The van der Waals surface area contributed by atoms with Crippen LogP contribution in [0.15, 0.2) is 30.3 Å². The molecule has 0 bridgehead atoms. The van der Waals surface area contributed by atoms with Crippen LogP contribution >= 0.6 is 0 Å². The standard InChI is InChI=1S/C22H29N5O2/c1-15(2)9-10-19(28)26-11-18-12-27(20(29)17-7-5-4-6-8-17)14-22(18,13-26)21-23-16(3)24-25-21/h4-8,15,18H,9-14H2,1-3H3,(H,23,24,25)/t18-,22-/m1/s1. The number of amides is 2. The van der Waals surface area contributed by atoms with E-state index in [0.29, 0.717) is 44.1 Å². The number of hydrogen-bond donors (Lipinski definition) is 1. The first-order valence-electron chi connectivity index (χ1n) is 10.4. The van der Waals surface area contributed by atoms with Gasteiger partial charge in [0.2, 0.25) is 5.91 Å². The van der Waals surface area contributed by atoms with E-state index in [4.69, 9.17) is 0 Å². The van der Waals surface area contributed by atoms with Crippen LogP contribution in [0.3, 0.4) is 0 Å². The van der Waals surface area contributed by atoms with Crippen molar-refractivity contribution in [3.63, 3.8) is 0 Å². The van der Waals surface area contributed by atoms with Gasteiger partial charge in [0, 0.05) is 44.1 Å². The number of nitrogens with one attached hydrogen (secondary N) is 1. The molecule has 29 heavy (non-hydrogen) atoms. The third kappa shape index (κ3) is 3.66. The molecule has 2 aliphatic heterocycles. The number of likely N-dealkylation sites (tertiary alicyclic amines) is 2. The van der Waals surface area contributed by atoms with Crippen molar-refractivity contribution in [3.05, 3.63) is 47.5 Å². The minimum atomic E-state index is -0.400. The van der Waals surface area contributed by atoms with E-state index < -0.39 is 5.41 Å². The molecule has 2 aliphatic rings. The Morgan fingerprint density at radius 3 is 2.52 bits per heavy atom. The zero-order valence-electron chi connectivity index (χ0n) is 17.4. The summed E-state index contributed by atoms with van der Waals surface area (Å²) in [6.45, 7) is 8.54. The molecule has 1 aromatic carbocycles. The van der Waals surface area contributed by atoms with Gasteiger partial charge in [-0.15, -0.1) is 0 Å². The topological polar surface area (TPSA) is 82.2 Å². The van der Waals surface area contributed by atoms with Crippen molar-refractivity contribution in [2.45, 2.75) is 39.0 Å². The van der Waals surface area contributed by atoms with Crippen molar-refractivity contribution in [3.8, 4) is 0 Å². The molecule has 0 unspecified atom stereocenters. The maximum absolute atomic E-state index is 13.0. The van der Waals surface area contributed by atoms with Crippen molar-refractivity contribution in [1.82, 2.24) is 25.0 Å². The number of fused-ring (bicyclic) bond motifs is 1. The van der Waals surface area contributed by atoms with Gasteiger partial charge in [0.05, 0.1) is 5.41 Å². The zero-order valence-corrected chi connectivity index (χ0v) is 17.4. The Hall–Kier alpha value is -2.70. The number of nitrogens with zero attached hydrogens (tertiary/aromatic N) is 4. The predicted octanol–water partition coefficient (Wildman–Crippen LogP) is 2.40. The first-order valence-corrected chi connectivity index (χ1v) is 10.4. The van der Waals surface area contributed by atoms with E-state index in [2.05, 4.69) is 29.0 Å². The third-order valence-corrected chi connectivity index (χ3v) is 6.25. The minimum Gasteiger partial charge on any atom is -0.341 e. The van der Waals surface area contributed by atoms with Gasteiger partial charge in [0.15, 0.2) is 5.82 Å². The SMILES string of the molecule is Cc1nc([C@@]23CN(C(=O)CCC(C)C)C[C@@H]2CN(C(=O)c2ccccc2)C3)n[nH]1. The fourth-order valence-corrected chi connectivity index (χ4v) is 4.63. The van der Waals surface area contributed by atoms with Gasteiger partial charge in [-0.25, -0.2) is 4.98 Å². The van der Waals surface area contributed by atoms with Crippen LogP contribution in [0.2, 0.25) is 0 Å². The van der Waals surface area contributed by atoms with E-state index >= 15 is 0 Å². The van der Waals surface area contributed by atoms with E-state index in [0.717, 1.165) is 18.1 Å². The number of hydrogen-bond acceptors (Lipinski definition) is 4. The summed E-state index contributed by atoms with van der Waals surface area (Å²) in [4.78, 5) is 34.3. The Balaban J connectivity index is 1.57. The van der Waals surface area contributed by atoms with Crippen LogP contribution < -0.4 is 0 Å². The Morgan fingerprint density at radius 1 is 1.17 bits per heavy atom. The van der Waals surface area contributed by atoms with Gasteiger partial charge >= 0.3 is 0 Å². The molecule has 4 rings (SSSR count). The molecule has 0 spiro atoms. The van der Waals surface area contributed by atoms with Gasteiger partial charge in [0.1, 0.15) is 5.82 Å². The molecule has 154 valence electrons. The summed E-state index contributed by atoms with van der Waals surface area (Å²) in [5.74, 6) is 2.36. The summed E-state index contributed by atoms with van der Waals surface area (Å²) in [6.07, 6.45) is 1.46. The number of aromatic nitrogens is 3. The normalized spacial score (nSPS) is 23.7. The number of aryl methyl sites for hydroxylation is 1. The lowest BCUT2D eigenvalue weighted by Gasteiger charge is -2.27. The van der Waals surface area contributed by atoms with Crippen LogP contribution in [0.5, 0.6) is 0 Å². The molecule has 3 heterocycles. The summed E-state index contributed by atoms with van der Waals surface area (Å²) < 4.78 is 0. The summed E-state index contributed by atoms with van der Waals surface area (Å²) in [7, 11) is 0. The van der Waals surface area contributed by atoms with Gasteiger partial charge in [-0.3, -0.25) is 14.7 Å². The second-order valence-corrected chi connectivity index (χ2v) is 8.86. The van der Waals surface area contributed by atoms with E-state index in [1.165, 1.54) is 0 Å². The molecule has 0 radical (unpaired) electrons. The maximum Gasteiger partial charge on any atom is 0.253 e. The van der Waals surface area contributed by atoms with E-state index in [1.807, 2.05) is 47.1 Å². The fraction of sp³-hybridized carbons (Fsp3) is 0.545. The maximum atomic E-state index is 13.0. The molecule has 1 aromatic heterocycles. The van der Waals surface area contributed by atoms with Gasteiger partial charge in [-0.05, 0) is 31.4 Å². The molecule has 7 heteroatoms. The smallest absolute Gasteiger partial charge is 0.253 e. The zero-order chi connectivity index (χ0) is 20.6. The van der Waals surface area contributed by atoms with Crippen LogP contribution in [0.4, 0.5) is 0 Å². The highest BCUT2D eigenvalue weighted by Gasteiger charge is 2.57. The summed E-state index contributed by atoms with van der Waals surface area (Å²) >= 11 is 0. The monoisotopic (exact) mass is 395 g/mol. The van der Waals surface area contributed by atoms with Crippen molar-refractivity contribution in [1.29, 1.82) is 0 Å². The Morgan fingerprint density at radius 2 is 1.86 bits per heavy atom. The number of aromatic amines is 1. The van der Waals surface area contributed by atoms with Gasteiger partial charge in [-0.1, -0.05) is 32.0 Å². The van der Waals surface area contributed by atoms with Gasteiger partial charge < -0.3 is 9.80 Å². The number of benzene rings is 1. The van der Waals surface area contributed by atoms with Gasteiger partial charge in [-0.2, -0.15) is 5.10 Å². The molecular formula is C22H29N5O2. The molecule has 1 N–H and O–H groups in total. The summed E-state index contributed by atoms with van der Waals surface area (Å²) in [5.41, 5.74) is 0.293. The second kappa shape index (κ2) is 7.61. The molecule has 7 nitrogen and oxygen atoms in total. The van der Waals surface area contributed by atoms with Crippen molar-refractivity contribution in [2.24, 2.45) is 11.8 Å². The summed E-state index contributed by atoms with van der Waals surface area (Å²) in [5, 5.41) is 7.40. The Bertz CT molecular complexity index is 894. The van der Waals surface area contributed by atoms with Crippen LogP contribution in [-0.2, 0) is 10.2 Å². The van der Waals surface area contributed by atoms with Crippen molar-refractivity contribution in [2.75, 3.05) is 26.2 Å². The quantitative estimate of drug-likeness (QED) is 0.843. The number of H-pyrrole nitrogens is 1. The van der Waals surface area contributed by atoms with Crippen LogP contribution in [0.1, 0.15) is 48.7 Å². The molecule has 0 aliphatic carbocycles. The lowest BCUT2D eigenvalue weighted by Crippen LogP contribution is -2.41. The molecular weight excluding hydrogens is 366 g/mol. The lowest BCUT2D eigenvalue weighted by atomic mass is 9.80. The highest BCUT2D eigenvalue weighted by molar-refractivity contribution is 5.94. The third-order valence-electron chi connectivity index (χ3n) is 6.25. The molecule has 2 saturated heterocycles. The molecule has 0 saturated carbocycles. The largest absolute Gasteiger partial charge is 0.341 e. The minimum absolute atomic E-state index is 0.0318. The van der Waals surface area contributed by atoms with Crippen molar-refractivity contribution >= 4 is 11.8 Å². The average molecular weight is 396 g/mol. The molecule has 2 atom stereocenters.